The van der Waals surface area contributed by atoms with Gasteiger partial charge >= 0.3 is 0 Å². The van der Waals surface area contributed by atoms with Crippen LogP contribution in [0.1, 0.15) is 5.56 Å². The van der Waals surface area contributed by atoms with Gasteiger partial charge in [-0.05, 0) is 18.2 Å². The van der Waals surface area contributed by atoms with Crippen LogP contribution in [0.3, 0.4) is 0 Å². The van der Waals surface area contributed by atoms with Gasteiger partial charge in [-0.15, -0.1) is 0 Å². The zero-order chi connectivity index (χ0) is 14.4. The average molecular weight is 273 g/mol. The van der Waals surface area contributed by atoms with E-state index in [1.165, 1.54) is 6.07 Å². The summed E-state index contributed by atoms with van der Waals surface area (Å²) in [6, 6.07) is 13.8. The highest BCUT2D eigenvalue weighted by Gasteiger charge is 2.00. The highest BCUT2D eigenvalue weighted by Crippen LogP contribution is 2.16. The van der Waals surface area contributed by atoms with Crippen LogP contribution in [-0.4, -0.2) is 13.1 Å². The standard InChI is InChI=1S/C15H16FN3O/c1-20-13-7-4-6-12(9-13)19-15(17)18-10-11-5-2-3-8-14(11)16/h2-9H,10H2,1H3,(H3,17,18,19). The van der Waals surface area contributed by atoms with E-state index in [9.17, 15) is 4.39 Å². The molecule has 4 nitrogen and oxygen atoms in total. The van der Waals surface area contributed by atoms with E-state index in [1.807, 2.05) is 18.2 Å². The minimum Gasteiger partial charge on any atom is -0.497 e. The average Bonchev–Trinajstić information content (AvgIpc) is 2.46. The lowest BCUT2D eigenvalue weighted by molar-refractivity contribution is 0.415. The van der Waals surface area contributed by atoms with Crippen molar-refractivity contribution in [1.29, 1.82) is 0 Å². The predicted molar refractivity (Wildman–Crippen MR) is 78.3 cm³/mol. The third-order valence-corrected chi connectivity index (χ3v) is 2.72. The molecule has 0 heterocycles. The van der Waals surface area contributed by atoms with Gasteiger partial charge in [0.2, 0.25) is 0 Å². The van der Waals surface area contributed by atoms with Crippen LogP contribution in [0.25, 0.3) is 0 Å². The molecule has 0 amide bonds. The number of anilines is 1. The topological polar surface area (TPSA) is 59.6 Å². The van der Waals surface area contributed by atoms with Gasteiger partial charge in [0.05, 0.1) is 13.7 Å². The first-order chi connectivity index (χ1) is 9.69. The molecule has 0 aromatic heterocycles. The fraction of sp³-hybridized carbons (Fsp3) is 0.133. The summed E-state index contributed by atoms with van der Waals surface area (Å²) in [7, 11) is 1.59. The second kappa shape index (κ2) is 6.56. The zero-order valence-electron chi connectivity index (χ0n) is 11.1. The first kappa shape index (κ1) is 13.9. The van der Waals surface area contributed by atoms with E-state index in [0.717, 1.165) is 11.4 Å². The monoisotopic (exact) mass is 273 g/mol. The van der Waals surface area contributed by atoms with Crippen LogP contribution in [0.4, 0.5) is 10.1 Å². The molecule has 0 bridgehead atoms. The fourth-order valence-corrected chi connectivity index (χ4v) is 1.69. The van der Waals surface area contributed by atoms with Gasteiger partial charge in [0.25, 0.3) is 0 Å². The maximum atomic E-state index is 13.4. The van der Waals surface area contributed by atoms with Crippen molar-refractivity contribution in [3.05, 3.63) is 59.9 Å². The van der Waals surface area contributed by atoms with Crippen LogP contribution in [0.2, 0.25) is 0 Å². The van der Waals surface area contributed by atoms with Gasteiger partial charge < -0.3 is 15.8 Å². The van der Waals surface area contributed by atoms with Crippen LogP contribution < -0.4 is 15.8 Å². The number of hydrogen-bond acceptors (Lipinski definition) is 2. The Morgan fingerprint density at radius 3 is 2.80 bits per heavy atom. The number of nitrogens with one attached hydrogen (secondary N) is 1. The predicted octanol–water partition coefficient (Wildman–Crippen LogP) is 2.76. The number of guanidine groups is 1. The van der Waals surface area contributed by atoms with E-state index < -0.39 is 0 Å². The minimum absolute atomic E-state index is 0.190. The molecule has 5 heteroatoms. The van der Waals surface area contributed by atoms with Gasteiger partial charge in [-0.25, -0.2) is 9.38 Å². The maximum absolute atomic E-state index is 13.4. The molecule has 2 aromatic rings. The maximum Gasteiger partial charge on any atom is 0.193 e. The van der Waals surface area contributed by atoms with Crippen LogP contribution in [0.15, 0.2) is 53.5 Å². The highest BCUT2D eigenvalue weighted by molar-refractivity contribution is 5.92. The molecule has 0 aliphatic carbocycles. The Kier molecular flexibility index (Phi) is 4.55. The molecule has 2 rings (SSSR count). The molecule has 0 radical (unpaired) electrons. The van der Waals surface area contributed by atoms with Crippen LogP contribution >= 0.6 is 0 Å². The summed E-state index contributed by atoms with van der Waals surface area (Å²) < 4.78 is 18.5. The number of hydrogen-bond donors (Lipinski definition) is 2. The Labute approximate surface area is 117 Å². The number of benzene rings is 2. The van der Waals surface area contributed by atoms with Gasteiger partial charge in [-0.1, -0.05) is 24.3 Å². The fourth-order valence-electron chi connectivity index (χ4n) is 1.69. The molecule has 2 aromatic carbocycles. The van der Waals surface area contributed by atoms with Gasteiger partial charge in [0.15, 0.2) is 5.96 Å². The van der Waals surface area contributed by atoms with E-state index in [2.05, 4.69) is 10.3 Å². The molecule has 3 N–H and O–H groups in total. The van der Waals surface area contributed by atoms with Crippen LogP contribution in [0, 0.1) is 5.82 Å². The molecule has 0 saturated carbocycles. The molecule has 0 aliphatic rings. The molecule has 0 atom stereocenters. The summed E-state index contributed by atoms with van der Waals surface area (Å²) in [5, 5.41) is 2.93. The number of rotatable bonds is 4. The van der Waals surface area contributed by atoms with E-state index in [0.29, 0.717) is 5.56 Å². The number of nitrogens with zero attached hydrogens (tertiary/aromatic N) is 1. The number of ether oxygens (including phenoxy) is 1. The van der Waals surface area contributed by atoms with Crippen molar-refractivity contribution in [2.45, 2.75) is 6.54 Å². The quantitative estimate of drug-likeness (QED) is 0.665. The summed E-state index contributed by atoms with van der Waals surface area (Å²) in [5.41, 5.74) is 7.04. The van der Waals surface area contributed by atoms with Gasteiger partial charge in [0, 0.05) is 17.3 Å². The normalized spacial score (nSPS) is 11.2. The van der Waals surface area contributed by atoms with Crippen molar-refractivity contribution in [1.82, 2.24) is 0 Å². The Bertz CT molecular complexity index is 614. The Balaban J connectivity index is 2.02. The largest absolute Gasteiger partial charge is 0.497 e. The van der Waals surface area contributed by atoms with E-state index in [-0.39, 0.29) is 18.3 Å². The first-order valence-electron chi connectivity index (χ1n) is 6.13. The third kappa shape index (κ3) is 3.71. The van der Waals surface area contributed by atoms with Crippen molar-refractivity contribution in [2.75, 3.05) is 12.4 Å². The van der Waals surface area contributed by atoms with Crippen molar-refractivity contribution in [3.8, 4) is 5.75 Å². The molecule has 0 spiro atoms. The van der Waals surface area contributed by atoms with Gasteiger partial charge in [0.1, 0.15) is 11.6 Å². The summed E-state index contributed by atoms with van der Waals surface area (Å²) in [5.74, 6) is 0.656. The molecule has 0 fully saturated rings. The summed E-state index contributed by atoms with van der Waals surface area (Å²) in [6.45, 7) is 0.190. The van der Waals surface area contributed by atoms with Crippen LogP contribution in [-0.2, 0) is 6.54 Å². The van der Waals surface area contributed by atoms with E-state index in [1.54, 1.807) is 31.4 Å². The second-order valence-corrected chi connectivity index (χ2v) is 4.15. The zero-order valence-corrected chi connectivity index (χ0v) is 11.1. The minimum atomic E-state index is -0.287. The summed E-state index contributed by atoms with van der Waals surface area (Å²) in [6.07, 6.45) is 0. The molecule has 20 heavy (non-hydrogen) atoms. The van der Waals surface area contributed by atoms with Crippen molar-refractivity contribution >= 4 is 11.6 Å². The lowest BCUT2D eigenvalue weighted by Gasteiger charge is -2.07. The molecular formula is C15H16FN3O. The Morgan fingerprint density at radius 2 is 2.05 bits per heavy atom. The molecule has 0 saturated heterocycles. The van der Waals surface area contributed by atoms with Crippen molar-refractivity contribution < 1.29 is 9.13 Å². The highest BCUT2D eigenvalue weighted by atomic mass is 19.1. The van der Waals surface area contributed by atoms with Crippen molar-refractivity contribution in [2.24, 2.45) is 10.7 Å². The number of halogens is 1. The van der Waals surface area contributed by atoms with Crippen molar-refractivity contribution in [3.63, 3.8) is 0 Å². The Morgan fingerprint density at radius 1 is 1.25 bits per heavy atom. The second-order valence-electron chi connectivity index (χ2n) is 4.15. The summed E-state index contributed by atoms with van der Waals surface area (Å²) in [4.78, 5) is 4.11. The van der Waals surface area contributed by atoms with Crippen LogP contribution in [0.5, 0.6) is 5.75 Å². The summed E-state index contributed by atoms with van der Waals surface area (Å²) >= 11 is 0. The molecule has 0 unspecified atom stereocenters. The number of nitrogens with two attached hydrogens (primary N) is 1. The lowest BCUT2D eigenvalue weighted by Crippen LogP contribution is -2.22. The Hall–Kier alpha value is -2.56. The molecular weight excluding hydrogens is 257 g/mol. The number of methoxy groups -OCH3 is 1. The van der Waals surface area contributed by atoms with Gasteiger partial charge in [-0.3, -0.25) is 0 Å². The molecule has 104 valence electrons. The SMILES string of the molecule is COc1cccc(NC(N)=NCc2ccccc2F)c1. The van der Waals surface area contributed by atoms with E-state index in [4.69, 9.17) is 10.5 Å². The number of aliphatic imine (C=N–C) groups is 1. The smallest absolute Gasteiger partial charge is 0.193 e. The van der Waals surface area contributed by atoms with E-state index >= 15 is 0 Å². The third-order valence-electron chi connectivity index (χ3n) is 2.72. The van der Waals surface area contributed by atoms with Gasteiger partial charge in [-0.2, -0.15) is 0 Å². The lowest BCUT2D eigenvalue weighted by atomic mass is 10.2. The molecule has 0 aliphatic heterocycles. The first-order valence-corrected chi connectivity index (χ1v) is 6.13.